The summed E-state index contributed by atoms with van der Waals surface area (Å²) < 4.78 is 2.78. The van der Waals surface area contributed by atoms with Crippen LogP contribution in [0.25, 0.3) is 5.70 Å². The fraction of sp³-hybridized carbons (Fsp3) is 0.333. The van der Waals surface area contributed by atoms with Crippen molar-refractivity contribution in [1.29, 1.82) is 5.26 Å². The number of nitriles is 1. The predicted molar refractivity (Wildman–Crippen MR) is 62.7 cm³/mol. The highest BCUT2D eigenvalue weighted by Gasteiger charge is 2.07. The molecular formula is C9H11N3S2. The monoisotopic (exact) mass is 225 g/mol. The zero-order valence-electron chi connectivity index (χ0n) is 8.10. The van der Waals surface area contributed by atoms with Gasteiger partial charge in [0, 0.05) is 12.4 Å². The highest BCUT2D eigenvalue weighted by Crippen LogP contribution is 2.31. The number of thioether (sulfide) groups is 2. The maximum absolute atomic E-state index is 9.04. The lowest BCUT2D eigenvalue weighted by atomic mass is 10.5. The number of hydrogen-bond donors (Lipinski definition) is 0. The van der Waals surface area contributed by atoms with Crippen molar-refractivity contribution in [2.45, 2.75) is 6.92 Å². The van der Waals surface area contributed by atoms with Gasteiger partial charge in [0.1, 0.15) is 11.8 Å². The van der Waals surface area contributed by atoms with Gasteiger partial charge in [0.25, 0.3) is 0 Å². The van der Waals surface area contributed by atoms with Crippen LogP contribution in [-0.2, 0) is 0 Å². The summed E-state index contributed by atoms with van der Waals surface area (Å²) in [6, 6.07) is 2.20. The molecule has 3 nitrogen and oxygen atoms in total. The van der Waals surface area contributed by atoms with E-state index >= 15 is 0 Å². The van der Waals surface area contributed by atoms with E-state index in [1.165, 1.54) is 0 Å². The first-order valence-corrected chi connectivity index (χ1v) is 6.34. The fourth-order valence-corrected chi connectivity index (χ4v) is 2.67. The Balaban J connectivity index is 3.05. The maximum Gasteiger partial charge on any atom is 0.145 e. The van der Waals surface area contributed by atoms with Gasteiger partial charge in [-0.2, -0.15) is 5.26 Å². The number of imidazole rings is 1. The average Bonchev–Trinajstić information content (AvgIpc) is 2.71. The van der Waals surface area contributed by atoms with Crippen molar-refractivity contribution in [2.24, 2.45) is 0 Å². The van der Waals surface area contributed by atoms with Gasteiger partial charge in [-0.3, -0.25) is 4.57 Å². The van der Waals surface area contributed by atoms with E-state index in [0.717, 1.165) is 9.99 Å². The topological polar surface area (TPSA) is 41.6 Å². The van der Waals surface area contributed by atoms with Crippen molar-refractivity contribution in [2.75, 3.05) is 12.0 Å². The van der Waals surface area contributed by atoms with Crippen LogP contribution in [0.15, 0.2) is 23.0 Å². The molecule has 0 fully saturated rings. The predicted octanol–water partition coefficient (Wildman–Crippen LogP) is 2.65. The van der Waals surface area contributed by atoms with Gasteiger partial charge >= 0.3 is 0 Å². The summed E-state index contributed by atoms with van der Waals surface area (Å²) in [4.78, 5) is 3.93. The Morgan fingerprint density at radius 2 is 2.43 bits per heavy atom. The molecule has 1 rings (SSSR count). The van der Waals surface area contributed by atoms with Crippen LogP contribution in [-0.4, -0.2) is 21.6 Å². The summed E-state index contributed by atoms with van der Waals surface area (Å²) >= 11 is 3.28. The summed E-state index contributed by atoms with van der Waals surface area (Å²) in [6.07, 6.45) is 7.08. The Morgan fingerprint density at radius 3 is 2.86 bits per heavy atom. The highest BCUT2D eigenvalue weighted by molar-refractivity contribution is 8.22. The molecule has 0 spiro atoms. The minimum absolute atomic E-state index is 0.654. The number of hydrogen-bond acceptors (Lipinski definition) is 4. The molecule has 0 amide bonds. The second-order valence-electron chi connectivity index (χ2n) is 2.35. The molecule has 1 aromatic heterocycles. The lowest BCUT2D eigenvalue weighted by Crippen LogP contribution is -1.93. The molecule has 1 heterocycles. The van der Waals surface area contributed by atoms with Gasteiger partial charge in [0.2, 0.25) is 0 Å². The Hall–Kier alpha value is -0.860. The Bertz CT molecular complexity index is 349. The molecule has 0 bridgehead atoms. The maximum atomic E-state index is 9.04. The zero-order valence-corrected chi connectivity index (χ0v) is 9.73. The summed E-state index contributed by atoms with van der Waals surface area (Å²) in [7, 11) is 0. The lowest BCUT2D eigenvalue weighted by Gasteiger charge is -2.05. The first-order valence-electron chi connectivity index (χ1n) is 4.13. The molecule has 0 saturated heterocycles. The molecule has 0 aliphatic carbocycles. The molecule has 0 N–H and O–H groups in total. The summed E-state index contributed by atoms with van der Waals surface area (Å²) in [5, 5.41) is 9.04. The number of aromatic nitrogens is 2. The third-order valence-electron chi connectivity index (χ3n) is 1.52. The van der Waals surface area contributed by atoms with Gasteiger partial charge in [-0.1, -0.05) is 6.92 Å². The van der Waals surface area contributed by atoms with Crippen molar-refractivity contribution in [3.63, 3.8) is 0 Å². The Morgan fingerprint density at radius 1 is 1.64 bits per heavy atom. The quantitative estimate of drug-likeness (QED) is 0.739. The average molecular weight is 225 g/mol. The van der Waals surface area contributed by atoms with Gasteiger partial charge in [0.15, 0.2) is 0 Å². The van der Waals surface area contributed by atoms with E-state index in [1.807, 2.05) is 6.26 Å². The summed E-state index contributed by atoms with van der Waals surface area (Å²) in [5.41, 5.74) is 0.654. The SMILES string of the molecule is CCS/C(SC)=C(\C#N)n1ccnc1. The molecule has 0 unspecified atom stereocenters. The largest absolute Gasteiger partial charge is 0.296 e. The van der Waals surface area contributed by atoms with E-state index in [-0.39, 0.29) is 0 Å². The van der Waals surface area contributed by atoms with Crippen molar-refractivity contribution >= 4 is 29.2 Å². The van der Waals surface area contributed by atoms with Crippen LogP contribution in [0.2, 0.25) is 0 Å². The van der Waals surface area contributed by atoms with Crippen molar-refractivity contribution in [3.8, 4) is 6.07 Å². The molecule has 0 aromatic carbocycles. The summed E-state index contributed by atoms with van der Waals surface area (Å²) in [5.74, 6) is 0.968. The number of nitrogens with zero attached hydrogens (tertiary/aromatic N) is 3. The van der Waals surface area contributed by atoms with Gasteiger partial charge < -0.3 is 0 Å². The Kier molecular flexibility index (Phi) is 4.63. The van der Waals surface area contributed by atoms with Crippen LogP contribution in [0.5, 0.6) is 0 Å². The third kappa shape index (κ3) is 2.56. The van der Waals surface area contributed by atoms with Crippen molar-refractivity contribution in [3.05, 3.63) is 23.0 Å². The minimum Gasteiger partial charge on any atom is -0.296 e. The molecule has 0 radical (unpaired) electrons. The smallest absolute Gasteiger partial charge is 0.145 e. The van der Waals surface area contributed by atoms with Gasteiger partial charge in [-0.15, -0.1) is 23.5 Å². The molecule has 1 aromatic rings. The number of allylic oxidation sites excluding steroid dienone is 1. The van der Waals surface area contributed by atoms with Gasteiger partial charge in [0.05, 0.1) is 10.6 Å². The van der Waals surface area contributed by atoms with E-state index in [0.29, 0.717) is 5.70 Å². The van der Waals surface area contributed by atoms with Crippen LogP contribution in [0.4, 0.5) is 0 Å². The highest BCUT2D eigenvalue weighted by atomic mass is 32.2. The first-order chi connectivity index (χ1) is 6.83. The Labute approximate surface area is 92.2 Å². The zero-order chi connectivity index (χ0) is 10.4. The van der Waals surface area contributed by atoms with Gasteiger partial charge in [-0.25, -0.2) is 4.98 Å². The molecule has 0 aliphatic heterocycles. The molecule has 0 atom stereocenters. The first kappa shape index (κ1) is 11.2. The van der Waals surface area contributed by atoms with Crippen LogP contribution in [0, 0.1) is 11.3 Å². The fourth-order valence-electron chi connectivity index (χ4n) is 0.955. The molecule has 0 aliphatic rings. The molecule has 74 valence electrons. The lowest BCUT2D eigenvalue weighted by molar-refractivity contribution is 1.10. The van der Waals surface area contributed by atoms with Gasteiger partial charge in [-0.05, 0) is 12.0 Å². The molecule has 5 heteroatoms. The second kappa shape index (κ2) is 5.78. The second-order valence-corrected chi connectivity index (χ2v) is 4.70. The standard InChI is InChI=1S/C9H11N3S2/c1-3-14-9(13-2)8(6-10)12-5-4-11-7-12/h4-5,7H,3H2,1-2H3/b9-8+. The molecule has 14 heavy (non-hydrogen) atoms. The molecule has 0 saturated carbocycles. The van der Waals surface area contributed by atoms with Crippen molar-refractivity contribution in [1.82, 2.24) is 9.55 Å². The van der Waals surface area contributed by atoms with Crippen LogP contribution in [0.3, 0.4) is 0 Å². The van der Waals surface area contributed by atoms with Crippen LogP contribution < -0.4 is 0 Å². The van der Waals surface area contributed by atoms with E-state index in [1.54, 1.807) is 46.8 Å². The van der Waals surface area contributed by atoms with Crippen LogP contribution in [0.1, 0.15) is 6.92 Å². The summed E-state index contributed by atoms with van der Waals surface area (Å²) in [6.45, 7) is 2.07. The molecular weight excluding hydrogens is 214 g/mol. The number of rotatable bonds is 4. The van der Waals surface area contributed by atoms with E-state index in [9.17, 15) is 0 Å². The van der Waals surface area contributed by atoms with E-state index in [4.69, 9.17) is 5.26 Å². The van der Waals surface area contributed by atoms with E-state index < -0.39 is 0 Å². The van der Waals surface area contributed by atoms with E-state index in [2.05, 4.69) is 18.0 Å². The van der Waals surface area contributed by atoms with Crippen molar-refractivity contribution < 1.29 is 0 Å². The normalized spacial score (nSPS) is 12.1. The van der Waals surface area contributed by atoms with Crippen LogP contribution >= 0.6 is 23.5 Å². The third-order valence-corrected chi connectivity index (χ3v) is 3.68. The minimum atomic E-state index is 0.654.